The smallest absolute Gasteiger partial charge is 0.305 e. The first-order chi connectivity index (χ1) is 8.63. The number of carbonyl (C=O) groups excluding carboxylic acids is 1. The quantitative estimate of drug-likeness (QED) is 0.769. The highest BCUT2D eigenvalue weighted by molar-refractivity contribution is 8.00. The maximum Gasteiger partial charge on any atom is 0.305 e. The van der Waals surface area contributed by atoms with Crippen LogP contribution >= 0.6 is 11.8 Å². The minimum Gasteiger partial charge on any atom is -0.481 e. The zero-order valence-electron chi connectivity index (χ0n) is 10.3. The van der Waals surface area contributed by atoms with Crippen LogP contribution in [0.15, 0.2) is 35.2 Å². The van der Waals surface area contributed by atoms with Crippen LogP contribution in [0.4, 0.5) is 0 Å². The standard InChI is InChI=1S/C13H17NO3S/c1-2-14(9-8-13(16)17)12(15)10-18-11-6-4-3-5-7-11/h3-7H,2,8-10H2,1H3,(H,16,17). The molecule has 1 N–H and O–H groups in total. The average Bonchev–Trinajstić information content (AvgIpc) is 2.38. The fourth-order valence-electron chi connectivity index (χ4n) is 1.44. The predicted octanol–water partition coefficient (Wildman–Crippen LogP) is 2.10. The van der Waals surface area contributed by atoms with Gasteiger partial charge in [0.2, 0.25) is 5.91 Å². The molecule has 0 aliphatic rings. The molecule has 0 spiro atoms. The number of carboxylic acids is 1. The summed E-state index contributed by atoms with van der Waals surface area (Å²) in [7, 11) is 0. The summed E-state index contributed by atoms with van der Waals surface area (Å²) < 4.78 is 0. The second-order valence-electron chi connectivity index (χ2n) is 3.72. The maximum absolute atomic E-state index is 11.9. The Hall–Kier alpha value is -1.49. The Morgan fingerprint density at radius 3 is 2.50 bits per heavy atom. The Labute approximate surface area is 111 Å². The topological polar surface area (TPSA) is 57.6 Å². The lowest BCUT2D eigenvalue weighted by Gasteiger charge is -2.19. The number of rotatable bonds is 7. The molecule has 0 aromatic heterocycles. The van der Waals surface area contributed by atoms with E-state index in [0.717, 1.165) is 4.90 Å². The van der Waals surface area contributed by atoms with E-state index in [0.29, 0.717) is 12.3 Å². The SMILES string of the molecule is CCN(CCC(=O)O)C(=O)CSc1ccccc1. The molecule has 0 aliphatic carbocycles. The Morgan fingerprint density at radius 2 is 1.94 bits per heavy atom. The molecule has 0 radical (unpaired) electrons. The van der Waals surface area contributed by atoms with Crippen molar-refractivity contribution in [3.8, 4) is 0 Å². The van der Waals surface area contributed by atoms with Crippen molar-refractivity contribution in [1.82, 2.24) is 4.90 Å². The molecule has 0 heterocycles. The second-order valence-corrected chi connectivity index (χ2v) is 4.77. The third kappa shape index (κ3) is 5.23. The minimum absolute atomic E-state index is 0.00438. The normalized spacial score (nSPS) is 10.1. The number of carboxylic acid groups (broad SMARTS) is 1. The largest absolute Gasteiger partial charge is 0.481 e. The summed E-state index contributed by atoms with van der Waals surface area (Å²) in [5.74, 6) is -0.554. The molecular formula is C13H17NO3S. The third-order valence-electron chi connectivity index (χ3n) is 2.44. The van der Waals surface area contributed by atoms with Gasteiger partial charge >= 0.3 is 5.97 Å². The van der Waals surface area contributed by atoms with Crippen LogP contribution in [-0.2, 0) is 9.59 Å². The molecule has 1 aromatic carbocycles. The van der Waals surface area contributed by atoms with Crippen LogP contribution in [0.5, 0.6) is 0 Å². The summed E-state index contributed by atoms with van der Waals surface area (Å²) in [5.41, 5.74) is 0. The predicted molar refractivity (Wildman–Crippen MR) is 71.7 cm³/mol. The first-order valence-corrected chi connectivity index (χ1v) is 6.79. The van der Waals surface area contributed by atoms with Crippen molar-refractivity contribution >= 4 is 23.6 Å². The van der Waals surface area contributed by atoms with E-state index in [1.807, 2.05) is 37.3 Å². The van der Waals surface area contributed by atoms with E-state index in [1.165, 1.54) is 11.8 Å². The number of hydrogen-bond acceptors (Lipinski definition) is 3. The van der Waals surface area contributed by atoms with Crippen molar-refractivity contribution in [1.29, 1.82) is 0 Å². The first kappa shape index (κ1) is 14.6. The molecule has 18 heavy (non-hydrogen) atoms. The van der Waals surface area contributed by atoms with Gasteiger partial charge in [-0.05, 0) is 19.1 Å². The van der Waals surface area contributed by atoms with E-state index in [-0.39, 0.29) is 18.9 Å². The molecule has 1 amide bonds. The molecule has 98 valence electrons. The second kappa shape index (κ2) is 7.76. The Kier molecular flexibility index (Phi) is 6.28. The monoisotopic (exact) mass is 267 g/mol. The van der Waals surface area contributed by atoms with E-state index in [4.69, 9.17) is 5.11 Å². The van der Waals surface area contributed by atoms with E-state index >= 15 is 0 Å². The lowest BCUT2D eigenvalue weighted by atomic mass is 10.4. The fourth-order valence-corrected chi connectivity index (χ4v) is 2.27. The molecule has 0 saturated carbocycles. The van der Waals surface area contributed by atoms with Crippen molar-refractivity contribution in [2.45, 2.75) is 18.2 Å². The number of hydrogen-bond donors (Lipinski definition) is 1. The van der Waals surface area contributed by atoms with E-state index in [2.05, 4.69) is 0 Å². The van der Waals surface area contributed by atoms with Crippen molar-refractivity contribution in [3.05, 3.63) is 30.3 Å². The zero-order valence-corrected chi connectivity index (χ0v) is 11.2. The summed E-state index contributed by atoms with van der Waals surface area (Å²) in [6.45, 7) is 2.68. The average molecular weight is 267 g/mol. The zero-order chi connectivity index (χ0) is 13.4. The van der Waals surface area contributed by atoms with Gasteiger partial charge < -0.3 is 10.0 Å². The van der Waals surface area contributed by atoms with Crippen LogP contribution in [-0.4, -0.2) is 40.7 Å². The van der Waals surface area contributed by atoms with Crippen molar-refractivity contribution in [3.63, 3.8) is 0 Å². The number of aliphatic carboxylic acids is 1. The van der Waals surface area contributed by atoms with Crippen LogP contribution < -0.4 is 0 Å². The van der Waals surface area contributed by atoms with Crippen molar-refractivity contribution in [2.24, 2.45) is 0 Å². The fraction of sp³-hybridized carbons (Fsp3) is 0.385. The molecule has 1 aromatic rings. The van der Waals surface area contributed by atoms with Gasteiger partial charge in [-0.2, -0.15) is 0 Å². The van der Waals surface area contributed by atoms with Gasteiger partial charge in [-0.25, -0.2) is 0 Å². The third-order valence-corrected chi connectivity index (χ3v) is 3.43. The Morgan fingerprint density at radius 1 is 1.28 bits per heavy atom. The number of nitrogens with zero attached hydrogens (tertiary/aromatic N) is 1. The maximum atomic E-state index is 11.9. The summed E-state index contributed by atoms with van der Waals surface area (Å²) in [6.07, 6.45) is -0.00438. The first-order valence-electron chi connectivity index (χ1n) is 5.81. The molecule has 0 saturated heterocycles. The van der Waals surface area contributed by atoms with Gasteiger partial charge in [0.15, 0.2) is 0 Å². The van der Waals surface area contributed by atoms with E-state index in [1.54, 1.807) is 4.90 Å². The molecule has 0 unspecified atom stereocenters. The highest BCUT2D eigenvalue weighted by Gasteiger charge is 2.13. The van der Waals surface area contributed by atoms with E-state index in [9.17, 15) is 9.59 Å². The molecule has 0 aliphatic heterocycles. The number of thioether (sulfide) groups is 1. The molecule has 5 heteroatoms. The lowest BCUT2D eigenvalue weighted by molar-refractivity contribution is -0.138. The minimum atomic E-state index is -0.878. The van der Waals surface area contributed by atoms with Crippen molar-refractivity contribution in [2.75, 3.05) is 18.8 Å². The molecular weight excluding hydrogens is 250 g/mol. The Balaban J connectivity index is 2.40. The van der Waals surface area contributed by atoms with Gasteiger partial charge in [0.25, 0.3) is 0 Å². The van der Waals surface area contributed by atoms with Crippen LogP contribution in [0.1, 0.15) is 13.3 Å². The van der Waals surface area contributed by atoms with Crippen LogP contribution in [0, 0.1) is 0 Å². The Bertz CT molecular complexity index is 394. The van der Waals surface area contributed by atoms with Gasteiger partial charge in [-0.15, -0.1) is 11.8 Å². The highest BCUT2D eigenvalue weighted by atomic mass is 32.2. The number of benzene rings is 1. The summed E-state index contributed by atoms with van der Waals surface area (Å²) >= 11 is 1.47. The van der Waals surface area contributed by atoms with Crippen molar-refractivity contribution < 1.29 is 14.7 Å². The summed E-state index contributed by atoms with van der Waals surface area (Å²) in [4.78, 5) is 25.0. The molecule has 0 fully saturated rings. The van der Waals surface area contributed by atoms with Crippen LogP contribution in [0.25, 0.3) is 0 Å². The van der Waals surface area contributed by atoms with Gasteiger partial charge in [-0.3, -0.25) is 9.59 Å². The van der Waals surface area contributed by atoms with Gasteiger partial charge in [-0.1, -0.05) is 18.2 Å². The van der Waals surface area contributed by atoms with E-state index < -0.39 is 5.97 Å². The lowest BCUT2D eigenvalue weighted by Crippen LogP contribution is -2.34. The number of amides is 1. The number of carbonyl (C=O) groups is 2. The summed E-state index contributed by atoms with van der Waals surface area (Å²) in [5, 5.41) is 8.60. The van der Waals surface area contributed by atoms with Gasteiger partial charge in [0.1, 0.15) is 0 Å². The van der Waals surface area contributed by atoms with Crippen LogP contribution in [0.3, 0.4) is 0 Å². The highest BCUT2D eigenvalue weighted by Crippen LogP contribution is 2.17. The molecule has 0 atom stereocenters. The van der Waals surface area contributed by atoms with Crippen LogP contribution in [0.2, 0.25) is 0 Å². The van der Waals surface area contributed by atoms with Gasteiger partial charge in [0.05, 0.1) is 12.2 Å². The van der Waals surface area contributed by atoms with Gasteiger partial charge in [0, 0.05) is 18.0 Å². The molecule has 0 bridgehead atoms. The molecule has 1 rings (SSSR count). The summed E-state index contributed by atoms with van der Waals surface area (Å²) in [6, 6.07) is 9.68. The molecule has 4 nitrogen and oxygen atoms in total.